The van der Waals surface area contributed by atoms with Crippen molar-refractivity contribution < 1.29 is 29.0 Å². The van der Waals surface area contributed by atoms with Crippen molar-refractivity contribution in [3.63, 3.8) is 0 Å². The van der Waals surface area contributed by atoms with Crippen LogP contribution in [0.15, 0.2) is 12.1 Å². The van der Waals surface area contributed by atoms with Gasteiger partial charge in [-0.05, 0) is 6.07 Å². The van der Waals surface area contributed by atoms with E-state index in [1.165, 1.54) is 26.4 Å². The molecule has 0 fully saturated rings. The number of amides is 1. The fourth-order valence-electron chi connectivity index (χ4n) is 1.52. The summed E-state index contributed by atoms with van der Waals surface area (Å²) in [5.74, 6) is -2.09. The molecule has 0 aliphatic carbocycles. The molecule has 8 heteroatoms. The Hall–Kier alpha value is -2.28. The molecule has 0 bridgehead atoms. The van der Waals surface area contributed by atoms with Crippen molar-refractivity contribution in [1.29, 1.82) is 0 Å². The third kappa shape index (κ3) is 4.64. The van der Waals surface area contributed by atoms with Gasteiger partial charge in [0.15, 0.2) is 0 Å². The van der Waals surface area contributed by atoms with Crippen LogP contribution >= 0.6 is 11.6 Å². The lowest BCUT2D eigenvalue weighted by molar-refractivity contribution is -0.141. The van der Waals surface area contributed by atoms with Gasteiger partial charge in [0.05, 0.1) is 31.4 Å². The Morgan fingerprint density at radius 3 is 2.43 bits per heavy atom. The zero-order chi connectivity index (χ0) is 16.0. The smallest absolute Gasteiger partial charge is 0.339 e. The van der Waals surface area contributed by atoms with Gasteiger partial charge in [-0.25, -0.2) is 4.79 Å². The normalized spacial score (nSPS) is 9.86. The number of aromatic carboxylic acids is 1. The highest BCUT2D eigenvalue weighted by Crippen LogP contribution is 2.31. The molecule has 0 heterocycles. The number of hydrogen-bond donors (Lipinski definition) is 2. The van der Waals surface area contributed by atoms with Crippen LogP contribution in [-0.4, -0.2) is 37.2 Å². The summed E-state index contributed by atoms with van der Waals surface area (Å²) in [5, 5.41) is 11.5. The molecule has 1 aromatic rings. The number of anilines is 1. The fraction of sp³-hybridized carbons (Fsp3) is 0.308. The Balaban J connectivity index is 2.86. The highest BCUT2D eigenvalue weighted by molar-refractivity contribution is 6.34. The van der Waals surface area contributed by atoms with Crippen LogP contribution in [-0.2, 0) is 14.3 Å². The number of benzene rings is 1. The number of carbonyl (C=O) groups excluding carboxylic acids is 2. The standard InChI is InChI=1S/C13H14ClNO6/c1-20-10-6-9(8(14)5-7(10)13(18)19)15-11(16)3-4-12(17)21-2/h5-6H,3-4H2,1-2H3,(H,15,16)(H,18,19). The van der Waals surface area contributed by atoms with Crippen LogP contribution in [0.5, 0.6) is 5.75 Å². The van der Waals surface area contributed by atoms with Gasteiger partial charge in [-0.3, -0.25) is 9.59 Å². The van der Waals surface area contributed by atoms with Crippen molar-refractivity contribution in [1.82, 2.24) is 0 Å². The van der Waals surface area contributed by atoms with Gasteiger partial charge in [-0.2, -0.15) is 0 Å². The van der Waals surface area contributed by atoms with Crippen molar-refractivity contribution in [3.05, 3.63) is 22.7 Å². The maximum absolute atomic E-state index is 11.7. The number of rotatable bonds is 6. The number of esters is 1. The van der Waals surface area contributed by atoms with E-state index in [1.54, 1.807) is 0 Å². The molecule has 0 aliphatic heterocycles. The zero-order valence-corrected chi connectivity index (χ0v) is 12.2. The molecule has 1 aromatic carbocycles. The average Bonchev–Trinajstić information content (AvgIpc) is 2.46. The van der Waals surface area contributed by atoms with Crippen LogP contribution in [0, 0.1) is 0 Å². The minimum absolute atomic E-state index is 0.0552. The second kappa shape index (κ2) is 7.49. The second-order valence-electron chi connectivity index (χ2n) is 3.96. The summed E-state index contributed by atoms with van der Waals surface area (Å²) in [6, 6.07) is 2.49. The highest BCUT2D eigenvalue weighted by Gasteiger charge is 2.16. The van der Waals surface area contributed by atoms with E-state index in [0.717, 1.165) is 0 Å². The molecule has 0 unspecified atom stereocenters. The summed E-state index contributed by atoms with van der Waals surface area (Å²) in [6.45, 7) is 0. The molecule has 114 valence electrons. The van der Waals surface area contributed by atoms with Crippen molar-refractivity contribution in [2.75, 3.05) is 19.5 Å². The van der Waals surface area contributed by atoms with Gasteiger partial charge in [-0.1, -0.05) is 11.6 Å². The Labute approximate surface area is 125 Å². The first-order valence-electron chi connectivity index (χ1n) is 5.86. The molecule has 0 aliphatic rings. The van der Waals surface area contributed by atoms with Gasteiger partial charge >= 0.3 is 11.9 Å². The van der Waals surface area contributed by atoms with Gasteiger partial charge in [0, 0.05) is 12.5 Å². The Bertz CT molecular complexity index is 572. The SMILES string of the molecule is COC(=O)CCC(=O)Nc1cc(OC)c(C(=O)O)cc1Cl. The number of carboxylic acids is 1. The summed E-state index contributed by atoms with van der Waals surface area (Å²) in [4.78, 5) is 33.6. The minimum atomic E-state index is -1.20. The number of carbonyl (C=O) groups is 3. The Morgan fingerprint density at radius 2 is 1.90 bits per heavy atom. The van der Waals surface area contributed by atoms with Crippen molar-refractivity contribution in [2.45, 2.75) is 12.8 Å². The van der Waals surface area contributed by atoms with Crippen molar-refractivity contribution in [3.8, 4) is 5.75 Å². The van der Waals surface area contributed by atoms with Gasteiger partial charge in [-0.15, -0.1) is 0 Å². The molecule has 7 nitrogen and oxygen atoms in total. The van der Waals surface area contributed by atoms with Crippen LogP contribution < -0.4 is 10.1 Å². The molecule has 0 aromatic heterocycles. The van der Waals surface area contributed by atoms with E-state index >= 15 is 0 Å². The topological polar surface area (TPSA) is 102 Å². The monoisotopic (exact) mass is 315 g/mol. The van der Waals surface area contributed by atoms with Gasteiger partial charge < -0.3 is 19.9 Å². The first kappa shape index (κ1) is 16.8. The summed E-state index contributed by atoms with van der Waals surface area (Å²) in [6.07, 6.45) is -0.143. The summed E-state index contributed by atoms with van der Waals surface area (Å²) >= 11 is 5.91. The quantitative estimate of drug-likeness (QED) is 0.778. The number of carboxylic acid groups (broad SMARTS) is 1. The summed E-state index contributed by atoms with van der Waals surface area (Å²) < 4.78 is 9.36. The van der Waals surface area contributed by atoms with Crippen molar-refractivity contribution in [2.24, 2.45) is 0 Å². The van der Waals surface area contributed by atoms with E-state index in [9.17, 15) is 14.4 Å². The number of methoxy groups -OCH3 is 2. The van der Waals surface area contributed by atoms with E-state index in [0.29, 0.717) is 0 Å². The molecule has 0 spiro atoms. The zero-order valence-electron chi connectivity index (χ0n) is 11.4. The van der Waals surface area contributed by atoms with Gasteiger partial charge in [0.25, 0.3) is 0 Å². The molecule has 1 amide bonds. The van der Waals surface area contributed by atoms with Crippen LogP contribution in [0.4, 0.5) is 5.69 Å². The largest absolute Gasteiger partial charge is 0.496 e. The number of hydrogen-bond acceptors (Lipinski definition) is 5. The average molecular weight is 316 g/mol. The number of nitrogens with one attached hydrogen (secondary N) is 1. The molecular formula is C13H14ClNO6. The molecule has 21 heavy (non-hydrogen) atoms. The second-order valence-corrected chi connectivity index (χ2v) is 4.37. The predicted octanol–water partition coefficient (Wildman–Crippen LogP) is 1.94. The molecule has 0 atom stereocenters. The predicted molar refractivity (Wildman–Crippen MR) is 74.8 cm³/mol. The van der Waals surface area contributed by atoms with E-state index in [-0.39, 0.29) is 34.9 Å². The maximum Gasteiger partial charge on any atom is 0.339 e. The highest BCUT2D eigenvalue weighted by atomic mass is 35.5. The maximum atomic E-state index is 11.7. The fourth-order valence-corrected chi connectivity index (χ4v) is 1.73. The number of halogens is 1. The third-order valence-corrected chi connectivity index (χ3v) is 2.89. The van der Waals surface area contributed by atoms with E-state index in [4.69, 9.17) is 21.4 Å². The van der Waals surface area contributed by atoms with E-state index in [2.05, 4.69) is 10.1 Å². The molecular weight excluding hydrogens is 302 g/mol. The van der Waals surface area contributed by atoms with Crippen molar-refractivity contribution >= 4 is 35.1 Å². The van der Waals surface area contributed by atoms with E-state index in [1.807, 2.05) is 0 Å². The summed E-state index contributed by atoms with van der Waals surface area (Å²) in [7, 11) is 2.53. The third-order valence-electron chi connectivity index (χ3n) is 2.58. The summed E-state index contributed by atoms with van der Waals surface area (Å²) in [5.41, 5.74) is 0.0865. The van der Waals surface area contributed by atoms with Gasteiger partial charge in [0.2, 0.25) is 5.91 Å². The lowest BCUT2D eigenvalue weighted by Crippen LogP contribution is -2.14. The Kier molecular flexibility index (Phi) is 5.98. The number of ether oxygens (including phenoxy) is 2. The molecule has 2 N–H and O–H groups in total. The lowest BCUT2D eigenvalue weighted by Gasteiger charge is -2.11. The molecule has 1 rings (SSSR count). The molecule has 0 saturated heterocycles. The first-order valence-corrected chi connectivity index (χ1v) is 6.24. The van der Waals surface area contributed by atoms with Crippen LogP contribution in [0.3, 0.4) is 0 Å². The van der Waals surface area contributed by atoms with Gasteiger partial charge in [0.1, 0.15) is 11.3 Å². The Morgan fingerprint density at radius 1 is 1.24 bits per heavy atom. The van der Waals surface area contributed by atoms with Crippen LogP contribution in [0.25, 0.3) is 0 Å². The van der Waals surface area contributed by atoms with Crippen LogP contribution in [0.1, 0.15) is 23.2 Å². The molecule has 0 radical (unpaired) electrons. The minimum Gasteiger partial charge on any atom is -0.496 e. The molecule has 0 saturated carbocycles. The lowest BCUT2D eigenvalue weighted by atomic mass is 10.1. The first-order chi connectivity index (χ1) is 9.88. The van der Waals surface area contributed by atoms with E-state index < -0.39 is 17.8 Å². The van der Waals surface area contributed by atoms with Crippen LogP contribution in [0.2, 0.25) is 5.02 Å².